The van der Waals surface area contributed by atoms with E-state index in [0.717, 1.165) is 18.5 Å². The molecule has 2 fully saturated rings. The van der Waals surface area contributed by atoms with Crippen LogP contribution in [0.4, 0.5) is 0 Å². The first-order valence-electron chi connectivity index (χ1n) is 6.59. The molecule has 6 heteroatoms. The summed E-state index contributed by atoms with van der Waals surface area (Å²) in [5.41, 5.74) is 0.660. The quantitative estimate of drug-likeness (QED) is 0.808. The Kier molecular flexibility index (Phi) is 2.89. The summed E-state index contributed by atoms with van der Waals surface area (Å²) in [4.78, 5) is 26.1. The van der Waals surface area contributed by atoms with Gasteiger partial charge < -0.3 is 9.64 Å². The van der Waals surface area contributed by atoms with E-state index in [4.69, 9.17) is 4.74 Å². The van der Waals surface area contributed by atoms with Gasteiger partial charge in [0.2, 0.25) is 0 Å². The highest BCUT2D eigenvalue weighted by Crippen LogP contribution is 2.33. The predicted molar refractivity (Wildman–Crippen MR) is 66.8 cm³/mol. The SMILES string of the molecule is Cc1[nH]ncc1C(=O)N1CC[C@@]2(CCCO2)C(=O)C1. The van der Waals surface area contributed by atoms with Gasteiger partial charge in [-0.3, -0.25) is 14.7 Å². The molecule has 1 atom stereocenters. The van der Waals surface area contributed by atoms with E-state index in [1.165, 1.54) is 6.20 Å². The second-order valence-corrected chi connectivity index (χ2v) is 5.25. The van der Waals surface area contributed by atoms with Crippen LogP contribution >= 0.6 is 0 Å². The fourth-order valence-electron chi connectivity index (χ4n) is 2.88. The molecule has 0 aliphatic carbocycles. The van der Waals surface area contributed by atoms with Crippen molar-refractivity contribution >= 4 is 11.7 Å². The number of carbonyl (C=O) groups is 2. The lowest BCUT2D eigenvalue weighted by Crippen LogP contribution is -2.53. The molecule has 2 aliphatic heterocycles. The van der Waals surface area contributed by atoms with Gasteiger partial charge in [0.25, 0.3) is 5.91 Å². The number of Topliss-reactive ketones (excluding diaryl/α,β-unsaturated/α-hetero) is 1. The highest BCUT2D eigenvalue weighted by molar-refractivity contribution is 6.00. The lowest BCUT2D eigenvalue weighted by molar-refractivity contribution is -0.144. The van der Waals surface area contributed by atoms with Crippen molar-refractivity contribution in [1.82, 2.24) is 15.1 Å². The van der Waals surface area contributed by atoms with Crippen molar-refractivity contribution in [2.75, 3.05) is 19.7 Å². The van der Waals surface area contributed by atoms with Gasteiger partial charge in [0.1, 0.15) is 5.60 Å². The number of H-pyrrole nitrogens is 1. The summed E-state index contributed by atoms with van der Waals surface area (Å²) < 4.78 is 5.63. The molecule has 0 bridgehead atoms. The van der Waals surface area contributed by atoms with Crippen LogP contribution in [-0.2, 0) is 9.53 Å². The molecule has 0 saturated carbocycles. The van der Waals surface area contributed by atoms with Gasteiger partial charge >= 0.3 is 0 Å². The van der Waals surface area contributed by atoms with E-state index in [-0.39, 0.29) is 18.2 Å². The molecular formula is C13H17N3O3. The van der Waals surface area contributed by atoms with Gasteiger partial charge in [-0.05, 0) is 19.8 Å². The summed E-state index contributed by atoms with van der Waals surface area (Å²) in [5, 5.41) is 6.59. The minimum atomic E-state index is -0.609. The van der Waals surface area contributed by atoms with Gasteiger partial charge in [0.05, 0.1) is 18.3 Å². The Morgan fingerprint density at radius 2 is 2.37 bits per heavy atom. The van der Waals surface area contributed by atoms with Crippen molar-refractivity contribution in [1.29, 1.82) is 0 Å². The Balaban J connectivity index is 1.74. The first-order chi connectivity index (χ1) is 9.12. The Labute approximate surface area is 111 Å². The van der Waals surface area contributed by atoms with Crippen LogP contribution in [-0.4, -0.2) is 52.1 Å². The molecule has 1 N–H and O–H groups in total. The minimum absolute atomic E-state index is 0.0331. The fraction of sp³-hybridized carbons (Fsp3) is 0.615. The molecule has 0 radical (unpaired) electrons. The van der Waals surface area contributed by atoms with Crippen molar-refractivity contribution < 1.29 is 14.3 Å². The van der Waals surface area contributed by atoms with E-state index in [1.807, 2.05) is 0 Å². The zero-order valence-corrected chi connectivity index (χ0v) is 10.9. The lowest BCUT2D eigenvalue weighted by Gasteiger charge is -2.37. The minimum Gasteiger partial charge on any atom is -0.367 e. The summed E-state index contributed by atoms with van der Waals surface area (Å²) in [7, 11) is 0. The molecule has 3 rings (SSSR count). The Morgan fingerprint density at radius 3 is 2.95 bits per heavy atom. The van der Waals surface area contributed by atoms with Crippen molar-refractivity contribution in [3.8, 4) is 0 Å². The van der Waals surface area contributed by atoms with Crippen LogP contribution in [0.3, 0.4) is 0 Å². The standard InChI is InChI=1S/C13H17N3O3/c1-9-10(7-14-15-9)12(18)16-5-4-13(11(17)8-16)3-2-6-19-13/h7H,2-6,8H2,1H3,(H,14,15)/t13-/m0/s1. The predicted octanol–water partition coefficient (Wildman–Crippen LogP) is 0.682. The Bertz CT molecular complexity index is 517. The van der Waals surface area contributed by atoms with Crippen LogP contribution in [0, 0.1) is 6.92 Å². The first-order valence-corrected chi connectivity index (χ1v) is 6.59. The topological polar surface area (TPSA) is 75.3 Å². The largest absolute Gasteiger partial charge is 0.367 e. The highest BCUT2D eigenvalue weighted by atomic mass is 16.5. The number of nitrogens with one attached hydrogen (secondary N) is 1. The number of piperidine rings is 1. The molecular weight excluding hydrogens is 246 g/mol. The zero-order chi connectivity index (χ0) is 13.5. The third-order valence-corrected chi connectivity index (χ3v) is 4.08. The number of ketones is 1. The van der Waals surface area contributed by atoms with E-state index in [1.54, 1.807) is 11.8 Å². The van der Waals surface area contributed by atoms with E-state index in [2.05, 4.69) is 10.2 Å². The number of rotatable bonds is 1. The van der Waals surface area contributed by atoms with Crippen LogP contribution in [0.2, 0.25) is 0 Å². The molecule has 1 aromatic heterocycles. The number of nitrogens with zero attached hydrogens (tertiary/aromatic N) is 2. The monoisotopic (exact) mass is 263 g/mol. The van der Waals surface area contributed by atoms with Crippen LogP contribution in [0.1, 0.15) is 35.3 Å². The number of amides is 1. The number of aromatic nitrogens is 2. The highest BCUT2D eigenvalue weighted by Gasteiger charge is 2.46. The number of hydrogen-bond donors (Lipinski definition) is 1. The number of carbonyl (C=O) groups excluding carboxylic acids is 2. The zero-order valence-electron chi connectivity index (χ0n) is 10.9. The molecule has 1 spiro atoms. The lowest BCUT2D eigenvalue weighted by atomic mass is 9.87. The van der Waals surface area contributed by atoms with Crippen LogP contribution in [0.25, 0.3) is 0 Å². The Morgan fingerprint density at radius 1 is 1.53 bits per heavy atom. The molecule has 1 aromatic rings. The average molecular weight is 263 g/mol. The third-order valence-electron chi connectivity index (χ3n) is 4.08. The molecule has 102 valence electrons. The summed E-state index contributed by atoms with van der Waals surface area (Å²) in [6, 6.07) is 0. The maximum Gasteiger partial charge on any atom is 0.257 e. The molecule has 2 aliphatic rings. The summed E-state index contributed by atoms with van der Waals surface area (Å²) in [6.45, 7) is 3.16. The second-order valence-electron chi connectivity index (χ2n) is 5.25. The number of hydrogen-bond acceptors (Lipinski definition) is 4. The van der Waals surface area contributed by atoms with Gasteiger partial charge in [-0.15, -0.1) is 0 Å². The van der Waals surface area contributed by atoms with E-state index >= 15 is 0 Å². The second kappa shape index (κ2) is 4.45. The van der Waals surface area contributed by atoms with Gasteiger partial charge in [-0.2, -0.15) is 5.10 Å². The normalized spacial score (nSPS) is 27.2. The third kappa shape index (κ3) is 1.96. The average Bonchev–Trinajstić information content (AvgIpc) is 3.02. The molecule has 2 saturated heterocycles. The summed E-state index contributed by atoms with van der Waals surface area (Å²) in [5.74, 6) is -0.0989. The number of likely N-dealkylation sites (tertiary alicyclic amines) is 1. The summed E-state index contributed by atoms with van der Waals surface area (Å²) in [6.07, 6.45) is 3.84. The van der Waals surface area contributed by atoms with Gasteiger partial charge in [-0.25, -0.2) is 0 Å². The van der Waals surface area contributed by atoms with Crippen LogP contribution in [0.5, 0.6) is 0 Å². The van der Waals surface area contributed by atoms with Gasteiger partial charge in [-0.1, -0.05) is 0 Å². The van der Waals surface area contributed by atoms with Gasteiger partial charge in [0, 0.05) is 25.3 Å². The van der Waals surface area contributed by atoms with Crippen molar-refractivity contribution in [3.05, 3.63) is 17.5 Å². The molecule has 19 heavy (non-hydrogen) atoms. The fourth-order valence-corrected chi connectivity index (χ4v) is 2.88. The smallest absolute Gasteiger partial charge is 0.257 e. The Hall–Kier alpha value is -1.69. The maximum absolute atomic E-state index is 12.3. The van der Waals surface area contributed by atoms with E-state index in [0.29, 0.717) is 25.1 Å². The van der Waals surface area contributed by atoms with Crippen LogP contribution < -0.4 is 0 Å². The van der Waals surface area contributed by atoms with Crippen molar-refractivity contribution in [3.63, 3.8) is 0 Å². The first kappa shape index (κ1) is 12.3. The van der Waals surface area contributed by atoms with Gasteiger partial charge in [0.15, 0.2) is 5.78 Å². The van der Waals surface area contributed by atoms with E-state index in [9.17, 15) is 9.59 Å². The maximum atomic E-state index is 12.3. The number of ether oxygens (including phenoxy) is 1. The molecule has 3 heterocycles. The van der Waals surface area contributed by atoms with E-state index < -0.39 is 5.60 Å². The molecule has 1 amide bonds. The number of aryl methyl sites for hydroxylation is 1. The summed E-state index contributed by atoms with van der Waals surface area (Å²) >= 11 is 0. The van der Waals surface area contributed by atoms with Crippen LogP contribution in [0.15, 0.2) is 6.20 Å². The molecule has 0 unspecified atom stereocenters. The molecule has 0 aromatic carbocycles. The van der Waals surface area contributed by atoms with Crippen molar-refractivity contribution in [2.24, 2.45) is 0 Å². The number of aromatic amines is 1. The molecule has 6 nitrogen and oxygen atoms in total. The van der Waals surface area contributed by atoms with Crippen molar-refractivity contribution in [2.45, 2.75) is 31.8 Å².